The van der Waals surface area contributed by atoms with E-state index in [1.54, 1.807) is 0 Å². The van der Waals surface area contributed by atoms with Crippen LogP contribution in [0.1, 0.15) is 5.56 Å². The third-order valence-corrected chi connectivity index (χ3v) is 1.05. The van der Waals surface area contributed by atoms with Gasteiger partial charge in [-0.05, 0) is 0 Å². The molecule has 1 radical (unpaired) electrons. The van der Waals surface area contributed by atoms with E-state index in [1.807, 2.05) is 0 Å². The molecule has 4 heteroatoms. The Bertz CT molecular complexity index is 205. The van der Waals surface area contributed by atoms with Crippen molar-refractivity contribution in [3.63, 3.8) is 0 Å². The second-order valence-corrected chi connectivity index (χ2v) is 1.79. The van der Waals surface area contributed by atoms with Gasteiger partial charge >= 0.3 is 6.18 Å². The molecule has 0 nitrogen and oxygen atoms in total. The molecule has 0 bridgehead atoms. The Labute approximate surface area is 81.2 Å². The number of benzene rings is 1. The predicted octanol–water partition coefficient (Wildman–Crippen LogP) is 2.50. The maximum absolute atomic E-state index is 11.8. The minimum absolute atomic E-state index is 0. The summed E-state index contributed by atoms with van der Waals surface area (Å²) >= 11 is 0. The summed E-state index contributed by atoms with van der Waals surface area (Å²) < 4.78 is 35.3. The summed E-state index contributed by atoms with van der Waals surface area (Å²) in [6.07, 6.45) is -4.23. The van der Waals surface area contributed by atoms with Gasteiger partial charge in [-0.25, -0.2) is 0 Å². The molecule has 0 aromatic heterocycles. The van der Waals surface area contributed by atoms with E-state index in [9.17, 15) is 13.2 Å². The zero-order valence-corrected chi connectivity index (χ0v) is 7.32. The van der Waals surface area contributed by atoms with Crippen LogP contribution in [-0.4, -0.2) is 0 Å². The van der Waals surface area contributed by atoms with Gasteiger partial charge in [0, 0.05) is 25.8 Å². The first-order chi connectivity index (χ1) is 4.61. The largest absolute Gasteiger partial charge is 0.394 e. The molecule has 0 aliphatic heterocycles. The first kappa shape index (κ1) is 10.9. The van der Waals surface area contributed by atoms with Gasteiger partial charge in [-0.3, -0.25) is 0 Å². The Hall–Kier alpha value is -0.120. The van der Waals surface area contributed by atoms with Gasteiger partial charge < -0.3 is 0 Å². The van der Waals surface area contributed by atoms with E-state index >= 15 is 0 Å². The van der Waals surface area contributed by atoms with Crippen LogP contribution >= 0.6 is 0 Å². The van der Waals surface area contributed by atoms with Gasteiger partial charge in [0.1, 0.15) is 0 Å². The summed E-state index contributed by atoms with van der Waals surface area (Å²) in [5.41, 5.74) is -0.633. The Kier molecular flexibility index (Phi) is 4.00. The van der Waals surface area contributed by atoms with Gasteiger partial charge in [0.05, 0.1) is 0 Å². The van der Waals surface area contributed by atoms with Gasteiger partial charge in [0.2, 0.25) is 0 Å². The summed E-state index contributed by atoms with van der Waals surface area (Å²) in [4.78, 5) is 0. The fourth-order valence-electron chi connectivity index (χ4n) is 0.576. The van der Waals surface area contributed by atoms with Crippen LogP contribution in [0.4, 0.5) is 13.2 Å². The number of hydrogen-bond acceptors (Lipinski definition) is 0. The molecule has 1 aromatic rings. The molecule has 0 aliphatic rings. The third kappa shape index (κ3) is 3.18. The summed E-state index contributed by atoms with van der Waals surface area (Å²) in [5.74, 6) is 0. The zero-order chi connectivity index (χ0) is 7.61. The smallest absolute Gasteiger partial charge is 0.184 e. The minimum Gasteiger partial charge on any atom is -0.184 e. The molecule has 0 spiro atoms. The molecule has 0 fully saturated rings. The van der Waals surface area contributed by atoms with Crippen LogP contribution in [0, 0.1) is 6.07 Å². The molecular formula is C7H4F3Sc-. The van der Waals surface area contributed by atoms with E-state index in [2.05, 4.69) is 6.07 Å². The van der Waals surface area contributed by atoms with E-state index in [-0.39, 0.29) is 25.8 Å². The van der Waals surface area contributed by atoms with Gasteiger partial charge in [-0.2, -0.15) is 43.5 Å². The van der Waals surface area contributed by atoms with E-state index in [1.165, 1.54) is 12.1 Å². The van der Waals surface area contributed by atoms with Crippen molar-refractivity contribution >= 4 is 0 Å². The van der Waals surface area contributed by atoms with E-state index in [0.717, 1.165) is 12.1 Å². The average Bonchev–Trinajstić information content (AvgIpc) is 1.88. The molecule has 0 unspecified atom stereocenters. The monoisotopic (exact) mass is 190 g/mol. The molecule has 0 aliphatic carbocycles. The Morgan fingerprint density at radius 2 is 1.55 bits per heavy atom. The first-order valence-electron chi connectivity index (χ1n) is 2.64. The van der Waals surface area contributed by atoms with Crippen LogP contribution < -0.4 is 0 Å². The second-order valence-electron chi connectivity index (χ2n) is 1.79. The van der Waals surface area contributed by atoms with Crippen molar-refractivity contribution in [2.45, 2.75) is 6.18 Å². The molecule has 1 aromatic carbocycles. The molecule has 0 saturated carbocycles. The normalized spacial score (nSPS) is 10.5. The Morgan fingerprint density at radius 1 is 1.09 bits per heavy atom. The fourth-order valence-corrected chi connectivity index (χ4v) is 0.576. The summed E-state index contributed by atoms with van der Waals surface area (Å²) in [6.45, 7) is 0. The quantitative estimate of drug-likeness (QED) is 0.551. The summed E-state index contributed by atoms with van der Waals surface area (Å²) in [5, 5.41) is 0. The minimum atomic E-state index is -4.23. The first-order valence-corrected chi connectivity index (χ1v) is 2.64. The van der Waals surface area contributed by atoms with Crippen LogP contribution in [0.15, 0.2) is 24.3 Å². The van der Waals surface area contributed by atoms with Crippen LogP contribution in [0.25, 0.3) is 0 Å². The molecule has 57 valence electrons. The molecule has 0 saturated heterocycles. The maximum Gasteiger partial charge on any atom is 0.394 e. The number of rotatable bonds is 0. The van der Waals surface area contributed by atoms with Crippen molar-refractivity contribution in [3.8, 4) is 0 Å². The van der Waals surface area contributed by atoms with Gasteiger partial charge in [-0.1, -0.05) is 5.56 Å². The van der Waals surface area contributed by atoms with Crippen molar-refractivity contribution in [1.82, 2.24) is 0 Å². The maximum atomic E-state index is 11.8. The van der Waals surface area contributed by atoms with E-state index in [0.29, 0.717) is 0 Å². The SMILES string of the molecule is FC(F)(F)c1cc[c-]cc1.[Sc]. The molecule has 1 rings (SSSR count). The number of hydrogen-bond donors (Lipinski definition) is 0. The Balaban J connectivity index is 0.000001000. The fraction of sp³-hybridized carbons (Fsp3) is 0.143. The van der Waals surface area contributed by atoms with Gasteiger partial charge in [0.25, 0.3) is 0 Å². The zero-order valence-electron chi connectivity index (χ0n) is 5.52. The molecule has 0 atom stereocenters. The van der Waals surface area contributed by atoms with E-state index < -0.39 is 11.7 Å². The summed E-state index contributed by atoms with van der Waals surface area (Å²) in [7, 11) is 0. The van der Waals surface area contributed by atoms with Crippen molar-refractivity contribution in [3.05, 3.63) is 35.9 Å². The van der Waals surface area contributed by atoms with Crippen molar-refractivity contribution in [2.75, 3.05) is 0 Å². The molecule has 11 heavy (non-hydrogen) atoms. The van der Waals surface area contributed by atoms with Gasteiger partial charge in [-0.15, -0.1) is 0 Å². The van der Waals surface area contributed by atoms with Crippen LogP contribution in [0.5, 0.6) is 0 Å². The number of alkyl halides is 3. The predicted molar refractivity (Wildman–Crippen MR) is 30.3 cm³/mol. The third-order valence-electron chi connectivity index (χ3n) is 1.05. The molecular weight excluding hydrogens is 186 g/mol. The Morgan fingerprint density at radius 3 is 1.82 bits per heavy atom. The van der Waals surface area contributed by atoms with E-state index in [4.69, 9.17) is 0 Å². The standard InChI is InChI=1S/C7H4F3.Sc/c8-7(9,10)6-4-2-1-3-5-6;/h2-5H;/q-1;. The second kappa shape index (κ2) is 4.04. The number of halogens is 3. The topological polar surface area (TPSA) is 0 Å². The molecule has 0 N–H and O–H groups in total. The van der Waals surface area contributed by atoms with Crippen molar-refractivity contribution in [1.29, 1.82) is 0 Å². The summed E-state index contributed by atoms with van der Waals surface area (Å²) in [6, 6.07) is 6.95. The average molecular weight is 190 g/mol. The molecule has 0 heterocycles. The van der Waals surface area contributed by atoms with Crippen molar-refractivity contribution < 1.29 is 39.0 Å². The van der Waals surface area contributed by atoms with Crippen LogP contribution in [0.3, 0.4) is 0 Å². The molecule has 0 amide bonds. The van der Waals surface area contributed by atoms with Crippen molar-refractivity contribution in [2.24, 2.45) is 0 Å². The van der Waals surface area contributed by atoms with Crippen LogP contribution in [-0.2, 0) is 32.0 Å². The van der Waals surface area contributed by atoms with Gasteiger partial charge in [0.15, 0.2) is 0 Å². The van der Waals surface area contributed by atoms with Crippen LogP contribution in [0.2, 0.25) is 0 Å².